The molecule has 2 aliphatic heterocycles. The molecule has 0 bridgehead atoms. The maximum Gasteiger partial charge on any atom is 0.410 e. The maximum atomic E-state index is 12.3. The van der Waals surface area contributed by atoms with Gasteiger partial charge in [0.15, 0.2) is 0 Å². The van der Waals surface area contributed by atoms with Gasteiger partial charge in [-0.25, -0.2) is 4.79 Å². The lowest BCUT2D eigenvalue weighted by Crippen LogP contribution is -2.49. The van der Waals surface area contributed by atoms with E-state index in [0.29, 0.717) is 18.2 Å². The highest BCUT2D eigenvalue weighted by atomic mass is 16.6. The lowest BCUT2D eigenvalue weighted by atomic mass is 10.0. The van der Waals surface area contributed by atoms with Crippen molar-refractivity contribution < 1.29 is 14.3 Å². The molecule has 5 nitrogen and oxygen atoms in total. The van der Waals surface area contributed by atoms with Gasteiger partial charge in [-0.1, -0.05) is 6.42 Å². The number of hydrogen-bond acceptors (Lipinski definition) is 4. The highest BCUT2D eigenvalue weighted by molar-refractivity contribution is 5.68. The van der Waals surface area contributed by atoms with E-state index in [0.717, 1.165) is 51.8 Å². The quantitative estimate of drug-likeness (QED) is 0.852. The van der Waals surface area contributed by atoms with Gasteiger partial charge in [0.1, 0.15) is 5.60 Å². The Morgan fingerprint density at radius 3 is 2.68 bits per heavy atom. The van der Waals surface area contributed by atoms with Gasteiger partial charge in [0.05, 0.1) is 6.10 Å². The van der Waals surface area contributed by atoms with Crippen LogP contribution in [0.4, 0.5) is 4.79 Å². The van der Waals surface area contributed by atoms with Crippen molar-refractivity contribution in [2.45, 2.75) is 83.6 Å². The Morgan fingerprint density at radius 1 is 1.23 bits per heavy atom. The minimum Gasteiger partial charge on any atom is -0.444 e. The summed E-state index contributed by atoms with van der Waals surface area (Å²) < 4.78 is 11.1. The molecule has 1 N–H and O–H groups in total. The van der Waals surface area contributed by atoms with Crippen molar-refractivity contribution in [3.05, 3.63) is 0 Å². The number of carbonyl (C=O) groups is 1. The number of nitrogens with zero attached hydrogens (tertiary/aromatic N) is 1. The molecule has 0 aromatic rings. The molecule has 2 heterocycles. The molecule has 128 valence electrons. The monoisotopic (exact) mass is 312 g/mol. The number of nitrogens with one attached hydrogen (secondary N) is 1. The Balaban J connectivity index is 1.87. The SMILES string of the molecule is CC1CC(NC2CCCCN(C(=O)OC(C)(C)C)C2)CCO1. The minimum atomic E-state index is -0.428. The van der Waals surface area contributed by atoms with E-state index in [1.54, 1.807) is 0 Å². The molecule has 1 amide bonds. The summed E-state index contributed by atoms with van der Waals surface area (Å²) in [5.41, 5.74) is -0.428. The predicted molar refractivity (Wildman–Crippen MR) is 87.0 cm³/mol. The number of hydrogen-bond donors (Lipinski definition) is 1. The van der Waals surface area contributed by atoms with E-state index in [9.17, 15) is 4.79 Å². The van der Waals surface area contributed by atoms with E-state index in [4.69, 9.17) is 9.47 Å². The fourth-order valence-electron chi connectivity index (χ4n) is 3.25. The summed E-state index contributed by atoms with van der Waals surface area (Å²) in [7, 11) is 0. The molecule has 22 heavy (non-hydrogen) atoms. The molecule has 2 fully saturated rings. The number of ether oxygens (including phenoxy) is 2. The first-order valence-electron chi connectivity index (χ1n) is 8.69. The molecule has 0 aliphatic carbocycles. The second-order valence-electron chi connectivity index (χ2n) is 7.69. The van der Waals surface area contributed by atoms with Gasteiger partial charge in [-0.3, -0.25) is 0 Å². The molecule has 0 spiro atoms. The van der Waals surface area contributed by atoms with Crippen LogP contribution in [0, 0.1) is 0 Å². The van der Waals surface area contributed by atoms with Crippen LogP contribution in [0.25, 0.3) is 0 Å². The van der Waals surface area contributed by atoms with E-state index >= 15 is 0 Å². The van der Waals surface area contributed by atoms with Gasteiger partial charge in [-0.05, 0) is 53.4 Å². The topological polar surface area (TPSA) is 50.8 Å². The first-order chi connectivity index (χ1) is 10.3. The van der Waals surface area contributed by atoms with Crippen LogP contribution >= 0.6 is 0 Å². The highest BCUT2D eigenvalue weighted by Gasteiger charge is 2.28. The third kappa shape index (κ3) is 5.76. The molecular formula is C17H32N2O3. The van der Waals surface area contributed by atoms with Crippen molar-refractivity contribution in [1.29, 1.82) is 0 Å². The second kappa shape index (κ2) is 7.64. The van der Waals surface area contributed by atoms with Crippen molar-refractivity contribution in [2.75, 3.05) is 19.7 Å². The first kappa shape index (κ1) is 17.5. The van der Waals surface area contributed by atoms with Gasteiger partial charge in [-0.2, -0.15) is 0 Å². The van der Waals surface area contributed by atoms with Crippen molar-refractivity contribution in [1.82, 2.24) is 10.2 Å². The Labute approximate surface area is 134 Å². The van der Waals surface area contributed by atoms with Crippen LogP contribution in [0.15, 0.2) is 0 Å². The van der Waals surface area contributed by atoms with Gasteiger partial charge < -0.3 is 19.7 Å². The van der Waals surface area contributed by atoms with Crippen LogP contribution < -0.4 is 5.32 Å². The van der Waals surface area contributed by atoms with Crippen LogP contribution in [-0.4, -0.2) is 54.5 Å². The lowest BCUT2D eigenvalue weighted by molar-refractivity contribution is 0.00807. The van der Waals surface area contributed by atoms with Gasteiger partial charge in [0, 0.05) is 31.8 Å². The molecule has 3 unspecified atom stereocenters. The van der Waals surface area contributed by atoms with E-state index in [1.807, 2.05) is 25.7 Å². The molecule has 0 radical (unpaired) electrons. The van der Waals surface area contributed by atoms with Crippen molar-refractivity contribution in [2.24, 2.45) is 0 Å². The fourth-order valence-corrected chi connectivity index (χ4v) is 3.25. The van der Waals surface area contributed by atoms with Gasteiger partial charge in [0.2, 0.25) is 0 Å². The van der Waals surface area contributed by atoms with E-state index in [-0.39, 0.29) is 6.09 Å². The average molecular weight is 312 g/mol. The van der Waals surface area contributed by atoms with Crippen LogP contribution in [0.5, 0.6) is 0 Å². The molecule has 2 rings (SSSR count). The van der Waals surface area contributed by atoms with Gasteiger partial charge in [-0.15, -0.1) is 0 Å². The third-order valence-electron chi connectivity index (χ3n) is 4.28. The fraction of sp³-hybridized carbons (Fsp3) is 0.941. The highest BCUT2D eigenvalue weighted by Crippen LogP contribution is 2.19. The largest absolute Gasteiger partial charge is 0.444 e. The second-order valence-corrected chi connectivity index (χ2v) is 7.69. The zero-order chi connectivity index (χ0) is 16.2. The molecule has 5 heteroatoms. The molecule has 0 aromatic heterocycles. The molecular weight excluding hydrogens is 280 g/mol. The Kier molecular flexibility index (Phi) is 6.09. The molecule has 0 aromatic carbocycles. The maximum absolute atomic E-state index is 12.3. The van der Waals surface area contributed by atoms with E-state index < -0.39 is 5.60 Å². The van der Waals surface area contributed by atoms with Crippen LogP contribution in [0.2, 0.25) is 0 Å². The summed E-state index contributed by atoms with van der Waals surface area (Å²) >= 11 is 0. The summed E-state index contributed by atoms with van der Waals surface area (Å²) in [6, 6.07) is 0.873. The van der Waals surface area contributed by atoms with Crippen molar-refractivity contribution in [3.8, 4) is 0 Å². The van der Waals surface area contributed by atoms with Crippen LogP contribution in [-0.2, 0) is 9.47 Å². The Hall–Kier alpha value is -0.810. The Morgan fingerprint density at radius 2 is 2.00 bits per heavy atom. The molecule has 3 atom stereocenters. The zero-order valence-electron chi connectivity index (χ0n) is 14.6. The number of carbonyl (C=O) groups excluding carboxylic acids is 1. The minimum absolute atomic E-state index is 0.179. The predicted octanol–water partition coefficient (Wildman–Crippen LogP) is 2.93. The zero-order valence-corrected chi connectivity index (χ0v) is 14.6. The number of amides is 1. The average Bonchev–Trinajstić information content (AvgIpc) is 2.62. The van der Waals surface area contributed by atoms with E-state index in [2.05, 4.69) is 12.2 Å². The summed E-state index contributed by atoms with van der Waals surface area (Å²) in [6.45, 7) is 10.3. The van der Waals surface area contributed by atoms with Crippen LogP contribution in [0.1, 0.15) is 59.8 Å². The van der Waals surface area contributed by atoms with E-state index in [1.165, 1.54) is 0 Å². The summed E-state index contributed by atoms with van der Waals surface area (Å²) in [4.78, 5) is 14.2. The Bertz CT molecular complexity index is 367. The standard InChI is InChI=1S/C17H32N2O3/c1-13-11-14(8-10-21-13)18-15-7-5-6-9-19(12-15)16(20)22-17(2,3)4/h13-15,18H,5-12H2,1-4H3. The summed E-state index contributed by atoms with van der Waals surface area (Å²) in [5, 5.41) is 3.75. The van der Waals surface area contributed by atoms with Gasteiger partial charge in [0.25, 0.3) is 0 Å². The number of likely N-dealkylation sites (tertiary alicyclic amines) is 1. The lowest BCUT2D eigenvalue weighted by Gasteiger charge is -2.33. The first-order valence-corrected chi connectivity index (χ1v) is 8.69. The summed E-state index contributed by atoms with van der Waals surface area (Å²) in [5.74, 6) is 0. The summed E-state index contributed by atoms with van der Waals surface area (Å²) in [6.07, 6.45) is 5.62. The normalized spacial score (nSPS) is 30.7. The van der Waals surface area contributed by atoms with Crippen LogP contribution in [0.3, 0.4) is 0 Å². The third-order valence-corrected chi connectivity index (χ3v) is 4.28. The number of rotatable bonds is 2. The molecule has 2 aliphatic rings. The molecule has 0 saturated carbocycles. The molecule has 2 saturated heterocycles. The smallest absolute Gasteiger partial charge is 0.410 e. The van der Waals surface area contributed by atoms with Crippen molar-refractivity contribution >= 4 is 6.09 Å². The van der Waals surface area contributed by atoms with Gasteiger partial charge >= 0.3 is 6.09 Å². The van der Waals surface area contributed by atoms with Crippen molar-refractivity contribution in [3.63, 3.8) is 0 Å².